The Hall–Kier alpha value is -2.29. The summed E-state index contributed by atoms with van der Waals surface area (Å²) in [6.07, 6.45) is 18.6. The molecule has 0 saturated heterocycles. The van der Waals surface area contributed by atoms with E-state index in [1.807, 2.05) is 12.1 Å². The van der Waals surface area contributed by atoms with Crippen LogP contribution in [0.3, 0.4) is 0 Å². The Labute approximate surface area is 264 Å². The van der Waals surface area contributed by atoms with Crippen molar-refractivity contribution < 1.29 is 14.0 Å². The molecule has 2 nitrogen and oxygen atoms in total. The fourth-order valence-electron chi connectivity index (χ4n) is 5.46. The van der Waals surface area contributed by atoms with E-state index in [0.717, 1.165) is 56.9 Å². The van der Waals surface area contributed by atoms with Gasteiger partial charge in [-0.25, -0.2) is 4.39 Å². The molecule has 0 N–H and O–H groups in total. The lowest BCUT2D eigenvalue weighted by molar-refractivity contribution is -0.121. The molecule has 0 heterocycles. The largest absolute Gasteiger partial charge is 0.300 e. The van der Waals surface area contributed by atoms with E-state index in [1.54, 1.807) is 6.92 Å². The zero-order valence-corrected chi connectivity index (χ0v) is 29.1. The van der Waals surface area contributed by atoms with Crippen LogP contribution in [0.2, 0.25) is 0 Å². The maximum atomic E-state index is 14.5. The average molecular weight is 595 g/mol. The molecule has 0 radical (unpaired) electrons. The van der Waals surface area contributed by atoms with Gasteiger partial charge in [0.25, 0.3) is 0 Å². The van der Waals surface area contributed by atoms with Crippen molar-refractivity contribution in [1.29, 1.82) is 0 Å². The molecule has 0 bridgehead atoms. The Morgan fingerprint density at radius 1 is 0.581 bits per heavy atom. The van der Waals surface area contributed by atoms with Gasteiger partial charge in [0.2, 0.25) is 0 Å². The summed E-state index contributed by atoms with van der Waals surface area (Å²) < 4.78 is 14.5. The van der Waals surface area contributed by atoms with Gasteiger partial charge in [0, 0.05) is 11.8 Å². The van der Waals surface area contributed by atoms with E-state index >= 15 is 0 Å². The molecule has 0 saturated carbocycles. The van der Waals surface area contributed by atoms with Gasteiger partial charge < -0.3 is 0 Å². The van der Waals surface area contributed by atoms with Gasteiger partial charge >= 0.3 is 0 Å². The number of carbonyl (C=O) groups is 2. The van der Waals surface area contributed by atoms with Crippen LogP contribution in [-0.4, -0.2) is 11.6 Å². The van der Waals surface area contributed by atoms with Crippen LogP contribution in [0.1, 0.15) is 166 Å². The minimum absolute atomic E-state index is 0.0270. The zero-order chi connectivity index (χ0) is 32.3. The highest BCUT2D eigenvalue weighted by Crippen LogP contribution is 2.28. The number of hydrogen-bond donors (Lipinski definition) is 0. The van der Waals surface area contributed by atoms with Crippen molar-refractivity contribution in [2.75, 3.05) is 0 Å². The third-order valence-corrected chi connectivity index (χ3v) is 8.63. The molecule has 0 unspecified atom stereocenters. The lowest BCUT2D eigenvalue weighted by Crippen LogP contribution is -2.26. The van der Waals surface area contributed by atoms with Gasteiger partial charge in [0.05, 0.1) is 0 Å². The Bertz CT molecular complexity index is 1070. The summed E-state index contributed by atoms with van der Waals surface area (Å²) in [6, 6.07) is 10.8. The van der Waals surface area contributed by atoms with Crippen LogP contribution in [-0.2, 0) is 47.1 Å². The lowest BCUT2D eigenvalue weighted by Gasteiger charge is -2.24. The predicted molar refractivity (Wildman–Crippen MR) is 184 cm³/mol. The van der Waals surface area contributed by atoms with Crippen molar-refractivity contribution in [3.05, 3.63) is 69.5 Å². The summed E-state index contributed by atoms with van der Waals surface area (Å²) in [6.45, 7) is 16.2. The average Bonchev–Trinajstić information content (AvgIpc) is 2.96. The van der Waals surface area contributed by atoms with Crippen LogP contribution < -0.4 is 0 Å². The zero-order valence-electron chi connectivity index (χ0n) is 29.1. The number of rotatable bonds is 20. The van der Waals surface area contributed by atoms with Crippen molar-refractivity contribution in [2.24, 2.45) is 0 Å². The summed E-state index contributed by atoms with van der Waals surface area (Å²) in [5.41, 5.74) is 6.21. The first-order chi connectivity index (χ1) is 20.5. The molecule has 43 heavy (non-hydrogen) atoms. The first kappa shape index (κ1) is 38.7. The molecule has 242 valence electrons. The van der Waals surface area contributed by atoms with Crippen LogP contribution in [0.25, 0.3) is 0 Å². The number of ketones is 2. The molecular weight excluding hydrogens is 531 g/mol. The van der Waals surface area contributed by atoms with Gasteiger partial charge in [0.1, 0.15) is 17.4 Å². The van der Waals surface area contributed by atoms with E-state index in [2.05, 4.69) is 59.7 Å². The van der Waals surface area contributed by atoms with E-state index in [9.17, 15) is 14.0 Å². The quantitative estimate of drug-likeness (QED) is 0.143. The second-order valence-corrected chi connectivity index (χ2v) is 13.2. The van der Waals surface area contributed by atoms with Gasteiger partial charge in [-0.2, -0.15) is 0 Å². The molecule has 0 atom stereocenters. The Morgan fingerprint density at radius 3 is 1.37 bits per heavy atom. The number of benzene rings is 2. The van der Waals surface area contributed by atoms with E-state index in [-0.39, 0.29) is 29.2 Å². The first-order valence-corrected chi connectivity index (χ1v) is 17.4. The fraction of sp³-hybridized carbons (Fsp3) is 0.650. The molecule has 0 amide bonds. The summed E-state index contributed by atoms with van der Waals surface area (Å²) in [7, 11) is 0. The van der Waals surface area contributed by atoms with Gasteiger partial charge in [0.15, 0.2) is 0 Å². The molecule has 0 spiro atoms. The van der Waals surface area contributed by atoms with E-state index in [0.29, 0.717) is 5.56 Å². The number of unbranched alkanes of at least 4 members (excludes halogenated alkanes) is 8. The second kappa shape index (κ2) is 21.4. The highest BCUT2D eigenvalue weighted by molar-refractivity contribution is 5.87. The van der Waals surface area contributed by atoms with E-state index < -0.39 is 0 Å². The molecule has 0 aliphatic rings. The number of carbonyl (C=O) groups excluding carboxylic acids is 2. The van der Waals surface area contributed by atoms with Crippen LogP contribution >= 0.6 is 0 Å². The summed E-state index contributed by atoms with van der Waals surface area (Å²) in [5.74, 6) is 0.123. The number of aryl methyl sites for hydroxylation is 4. The SMILES string of the molecule is CCCCCc1cc(CCCCC)c(F)c(CC(C)=O)c1.CCCCCc1cc(CCCCC)cc(C(C)(C)C(C)=O)c1. The monoisotopic (exact) mass is 594 g/mol. The minimum atomic E-state index is -0.375. The molecule has 0 fully saturated rings. The predicted octanol–water partition coefficient (Wildman–Crippen LogP) is 11.4. The van der Waals surface area contributed by atoms with Gasteiger partial charge in [-0.3, -0.25) is 9.59 Å². The van der Waals surface area contributed by atoms with Crippen LogP contribution in [0, 0.1) is 5.82 Å². The Morgan fingerprint density at radius 2 is 0.977 bits per heavy atom. The Balaban J connectivity index is 0.000000430. The normalized spacial score (nSPS) is 11.3. The highest BCUT2D eigenvalue weighted by Gasteiger charge is 2.26. The third-order valence-electron chi connectivity index (χ3n) is 8.63. The molecule has 3 heteroatoms. The minimum Gasteiger partial charge on any atom is -0.300 e. The van der Waals surface area contributed by atoms with Crippen molar-refractivity contribution >= 4 is 11.6 Å². The van der Waals surface area contributed by atoms with Crippen LogP contribution in [0.15, 0.2) is 30.3 Å². The van der Waals surface area contributed by atoms with Crippen LogP contribution in [0.5, 0.6) is 0 Å². The van der Waals surface area contributed by atoms with E-state index in [4.69, 9.17) is 0 Å². The van der Waals surface area contributed by atoms with Crippen LogP contribution in [0.4, 0.5) is 4.39 Å². The molecule has 2 aromatic rings. The smallest absolute Gasteiger partial charge is 0.139 e. The molecule has 0 aliphatic heterocycles. The second-order valence-electron chi connectivity index (χ2n) is 13.2. The number of Topliss-reactive ketones (excluding diaryl/α,β-unsaturated/α-hetero) is 2. The third kappa shape index (κ3) is 14.8. The van der Waals surface area contributed by atoms with Crippen molar-refractivity contribution in [2.45, 2.75) is 170 Å². The molecule has 0 aliphatic carbocycles. The van der Waals surface area contributed by atoms with Crippen molar-refractivity contribution in [3.8, 4) is 0 Å². The summed E-state index contributed by atoms with van der Waals surface area (Å²) in [4.78, 5) is 23.4. The van der Waals surface area contributed by atoms with Gasteiger partial charge in [-0.05, 0) is 112 Å². The molecule has 2 aromatic carbocycles. The number of hydrogen-bond acceptors (Lipinski definition) is 2. The van der Waals surface area contributed by atoms with Gasteiger partial charge in [-0.1, -0.05) is 109 Å². The van der Waals surface area contributed by atoms with Crippen molar-refractivity contribution in [3.63, 3.8) is 0 Å². The maximum absolute atomic E-state index is 14.5. The topological polar surface area (TPSA) is 34.1 Å². The van der Waals surface area contributed by atoms with Crippen molar-refractivity contribution in [1.82, 2.24) is 0 Å². The summed E-state index contributed by atoms with van der Waals surface area (Å²) >= 11 is 0. The fourth-order valence-corrected chi connectivity index (χ4v) is 5.46. The summed E-state index contributed by atoms with van der Waals surface area (Å²) in [5, 5.41) is 0. The van der Waals surface area contributed by atoms with Gasteiger partial charge in [-0.15, -0.1) is 0 Å². The number of halogens is 1. The maximum Gasteiger partial charge on any atom is 0.139 e. The standard InChI is InChI=1S/C21H34O.C19H29FO/c1-6-8-10-12-18-14-19(13-11-9-7-2)16-20(15-18)21(4,5)17(3)22;1-4-6-8-10-16-13-17(11-9-7-5-2)19(20)18(14-16)12-15(3)21/h14-16H,6-13H2,1-5H3;13-14H,4-12H2,1-3H3. The lowest BCUT2D eigenvalue weighted by atomic mass is 9.79. The first-order valence-electron chi connectivity index (χ1n) is 17.4. The molecule has 0 aromatic heterocycles. The van der Waals surface area contributed by atoms with E-state index in [1.165, 1.54) is 80.5 Å². The Kier molecular flexibility index (Phi) is 19.3. The highest BCUT2D eigenvalue weighted by atomic mass is 19.1. The molecule has 2 rings (SSSR count). The molecular formula is C40H63FO2.